The number of aryl methyl sites for hydroxylation is 2. The molecule has 142 valence electrons. The molecule has 0 amide bonds. The molecular weight excluding hydrogens is 352 g/mol. The Bertz CT molecular complexity index is 872. The lowest BCUT2D eigenvalue weighted by molar-refractivity contribution is 0.167. The first-order chi connectivity index (χ1) is 12.7. The number of para-hydroxylation sites is 2. The number of benzene rings is 2. The molecule has 0 radical (unpaired) electrons. The van der Waals surface area contributed by atoms with Crippen molar-refractivity contribution < 1.29 is 0 Å². The van der Waals surface area contributed by atoms with E-state index in [1.54, 1.807) is 16.8 Å². The van der Waals surface area contributed by atoms with Gasteiger partial charge in [0.1, 0.15) is 0 Å². The van der Waals surface area contributed by atoms with Crippen molar-refractivity contribution in [2.24, 2.45) is 5.41 Å². The first-order valence-electron chi connectivity index (χ1n) is 10.4. The van der Waals surface area contributed by atoms with Crippen LogP contribution in [0.15, 0.2) is 42.5 Å². The summed E-state index contributed by atoms with van der Waals surface area (Å²) < 4.78 is 0. The smallest absolute Gasteiger partial charge is 0.0483 e. The van der Waals surface area contributed by atoms with E-state index < -0.39 is 0 Å². The lowest BCUT2D eigenvalue weighted by Gasteiger charge is -2.40. The second-order valence-electron chi connectivity index (χ2n) is 9.36. The summed E-state index contributed by atoms with van der Waals surface area (Å²) in [4.78, 5) is 5.51. The van der Waals surface area contributed by atoms with E-state index in [0.717, 1.165) is 0 Å². The van der Waals surface area contributed by atoms with Gasteiger partial charge in [-0.05, 0) is 60.3 Å². The summed E-state index contributed by atoms with van der Waals surface area (Å²) in [5.74, 6) is 0.673. The maximum absolute atomic E-state index is 2.77. The van der Waals surface area contributed by atoms with Gasteiger partial charge in [0.15, 0.2) is 0 Å². The van der Waals surface area contributed by atoms with Crippen molar-refractivity contribution in [1.29, 1.82) is 0 Å². The van der Waals surface area contributed by atoms with Gasteiger partial charge in [-0.1, -0.05) is 43.3 Å². The Morgan fingerprint density at radius 2 is 1.78 bits per heavy atom. The maximum atomic E-state index is 2.77. The lowest BCUT2D eigenvalue weighted by atomic mass is 9.87. The molecule has 3 heterocycles. The van der Waals surface area contributed by atoms with E-state index in [-0.39, 0.29) is 12.4 Å². The number of hydrogen-bond acceptors (Lipinski definition) is 2. The van der Waals surface area contributed by atoms with Crippen molar-refractivity contribution in [3.05, 3.63) is 59.2 Å². The summed E-state index contributed by atoms with van der Waals surface area (Å²) in [5, 5.41) is 0. The molecule has 2 aromatic rings. The van der Waals surface area contributed by atoms with E-state index in [4.69, 9.17) is 0 Å². The van der Waals surface area contributed by atoms with E-state index in [1.165, 1.54) is 63.0 Å². The fraction of sp³-hybridized carbons (Fsp3) is 0.500. The summed E-state index contributed by atoms with van der Waals surface area (Å²) in [7, 11) is 0. The second-order valence-corrected chi connectivity index (χ2v) is 9.36. The zero-order valence-electron chi connectivity index (χ0n) is 16.2. The van der Waals surface area contributed by atoms with E-state index in [2.05, 4.69) is 59.2 Å². The highest BCUT2D eigenvalue weighted by atomic mass is 35.5. The van der Waals surface area contributed by atoms with E-state index in [9.17, 15) is 0 Å². The quantitative estimate of drug-likeness (QED) is 0.695. The molecule has 4 aliphatic rings. The molecule has 27 heavy (non-hydrogen) atoms. The van der Waals surface area contributed by atoms with Crippen molar-refractivity contribution in [3.63, 3.8) is 0 Å². The van der Waals surface area contributed by atoms with E-state index >= 15 is 0 Å². The van der Waals surface area contributed by atoms with Crippen molar-refractivity contribution in [1.82, 2.24) is 4.90 Å². The Hall–Kier alpha value is -1.51. The molecule has 0 spiro atoms. The van der Waals surface area contributed by atoms with Gasteiger partial charge in [-0.15, -0.1) is 12.4 Å². The minimum Gasteiger partial charge on any atom is -0.337 e. The standard InChI is InChI=1S/C24H28N2.ClH/c1-24(12-13-24)16-25-14-11-22-20(15-25)19-7-4-6-18-10-9-17-5-2-3-8-21(17)26(22)23(18)19;/h2-8,20,22H,9-16H2,1H3;1H. The zero-order valence-corrected chi connectivity index (χ0v) is 17.0. The Morgan fingerprint density at radius 3 is 2.63 bits per heavy atom. The van der Waals surface area contributed by atoms with Crippen LogP contribution in [0.5, 0.6) is 0 Å². The van der Waals surface area contributed by atoms with Crippen molar-refractivity contribution >= 4 is 23.8 Å². The molecule has 6 rings (SSSR count). The molecule has 2 atom stereocenters. The Labute approximate surface area is 169 Å². The molecule has 2 nitrogen and oxygen atoms in total. The molecule has 2 fully saturated rings. The number of likely N-dealkylation sites (tertiary alicyclic amines) is 1. The largest absolute Gasteiger partial charge is 0.337 e. The molecule has 1 saturated heterocycles. The van der Waals surface area contributed by atoms with Crippen LogP contribution in [0.4, 0.5) is 11.4 Å². The average Bonchev–Trinajstić information content (AvgIpc) is 3.33. The van der Waals surface area contributed by atoms with Gasteiger partial charge in [0, 0.05) is 43.0 Å². The van der Waals surface area contributed by atoms with Crippen molar-refractivity contribution in [2.75, 3.05) is 24.5 Å². The number of halogens is 1. The van der Waals surface area contributed by atoms with Gasteiger partial charge in [0.05, 0.1) is 0 Å². The predicted molar refractivity (Wildman–Crippen MR) is 115 cm³/mol. The SMILES string of the molecule is CC1(CN2CCC3C(C2)c2cccc4c2N3c2ccccc2CC4)CC1.Cl. The first kappa shape index (κ1) is 17.6. The van der Waals surface area contributed by atoms with Gasteiger partial charge in [-0.25, -0.2) is 0 Å². The highest BCUT2D eigenvalue weighted by Crippen LogP contribution is 2.53. The Morgan fingerprint density at radius 1 is 1.00 bits per heavy atom. The first-order valence-corrected chi connectivity index (χ1v) is 10.4. The Balaban J connectivity index is 0.00000160. The number of fused-ring (bicyclic) bond motifs is 5. The second kappa shape index (κ2) is 6.25. The third-order valence-corrected chi connectivity index (χ3v) is 7.41. The van der Waals surface area contributed by atoms with E-state index in [1.807, 2.05) is 0 Å². The normalized spacial score (nSPS) is 27.1. The van der Waals surface area contributed by atoms with Crippen LogP contribution in [0.3, 0.4) is 0 Å². The van der Waals surface area contributed by atoms with E-state index in [0.29, 0.717) is 17.4 Å². The third kappa shape index (κ3) is 2.72. The number of rotatable bonds is 2. The van der Waals surface area contributed by atoms with Gasteiger partial charge in [0.2, 0.25) is 0 Å². The highest BCUT2D eigenvalue weighted by Gasteiger charge is 2.46. The minimum atomic E-state index is 0. The predicted octanol–water partition coefficient (Wildman–Crippen LogP) is 5.32. The summed E-state index contributed by atoms with van der Waals surface area (Å²) in [6, 6.07) is 16.9. The topological polar surface area (TPSA) is 6.48 Å². The summed E-state index contributed by atoms with van der Waals surface area (Å²) in [5.41, 5.74) is 8.38. The molecule has 3 aliphatic heterocycles. The van der Waals surface area contributed by atoms with Crippen molar-refractivity contribution in [2.45, 2.75) is 51.0 Å². The van der Waals surface area contributed by atoms with Gasteiger partial charge >= 0.3 is 0 Å². The molecule has 0 aromatic heterocycles. The minimum absolute atomic E-state index is 0. The van der Waals surface area contributed by atoms with Crippen LogP contribution in [0.2, 0.25) is 0 Å². The monoisotopic (exact) mass is 380 g/mol. The molecule has 3 heteroatoms. The highest BCUT2D eigenvalue weighted by molar-refractivity contribution is 5.85. The van der Waals surface area contributed by atoms with Crippen LogP contribution in [0.25, 0.3) is 0 Å². The van der Waals surface area contributed by atoms with Crippen LogP contribution >= 0.6 is 12.4 Å². The van der Waals surface area contributed by atoms with Crippen LogP contribution in [0, 0.1) is 5.41 Å². The summed E-state index contributed by atoms with van der Waals surface area (Å²) in [6.45, 7) is 6.29. The number of piperidine rings is 1. The van der Waals surface area contributed by atoms with Gasteiger partial charge in [-0.2, -0.15) is 0 Å². The van der Waals surface area contributed by atoms with Gasteiger partial charge in [0.25, 0.3) is 0 Å². The molecule has 2 aromatic carbocycles. The number of hydrogen-bond donors (Lipinski definition) is 0. The molecular formula is C24H29ClN2. The fourth-order valence-electron chi connectivity index (χ4n) is 5.77. The molecule has 1 saturated carbocycles. The van der Waals surface area contributed by atoms with Crippen LogP contribution in [-0.2, 0) is 12.8 Å². The van der Waals surface area contributed by atoms with Crippen molar-refractivity contribution in [3.8, 4) is 0 Å². The van der Waals surface area contributed by atoms with Crippen LogP contribution in [0.1, 0.15) is 48.8 Å². The average molecular weight is 381 g/mol. The fourth-order valence-corrected chi connectivity index (χ4v) is 5.77. The van der Waals surface area contributed by atoms with Crippen LogP contribution in [-0.4, -0.2) is 30.6 Å². The molecule has 2 unspecified atom stereocenters. The molecule has 0 bridgehead atoms. The zero-order chi connectivity index (χ0) is 17.3. The Kier molecular flexibility index (Phi) is 4.07. The van der Waals surface area contributed by atoms with Crippen LogP contribution < -0.4 is 4.90 Å². The van der Waals surface area contributed by atoms with Gasteiger partial charge in [-0.3, -0.25) is 0 Å². The third-order valence-electron chi connectivity index (χ3n) is 7.41. The summed E-state index contributed by atoms with van der Waals surface area (Å²) >= 11 is 0. The molecule has 1 aliphatic carbocycles. The van der Waals surface area contributed by atoms with Gasteiger partial charge < -0.3 is 9.80 Å². The molecule has 0 N–H and O–H groups in total. The summed E-state index contributed by atoms with van der Waals surface area (Å²) in [6.07, 6.45) is 6.50. The number of nitrogens with zero attached hydrogens (tertiary/aromatic N) is 2. The number of anilines is 2. The lowest BCUT2D eigenvalue weighted by Crippen LogP contribution is -2.46. The maximum Gasteiger partial charge on any atom is 0.0483 e.